The van der Waals surface area contributed by atoms with Crippen LogP contribution in [0.2, 0.25) is 10.0 Å². The van der Waals surface area contributed by atoms with E-state index in [1.54, 1.807) is 29.9 Å². The van der Waals surface area contributed by atoms with E-state index in [0.29, 0.717) is 22.3 Å². The molecule has 26 heavy (non-hydrogen) atoms. The van der Waals surface area contributed by atoms with Crippen molar-refractivity contribution in [2.75, 3.05) is 5.32 Å². The second-order valence-electron chi connectivity index (χ2n) is 5.16. The number of benzene rings is 1. The number of hydrogen-bond acceptors (Lipinski definition) is 5. The lowest BCUT2D eigenvalue weighted by molar-refractivity contribution is 0.0945. The number of halogens is 2. The van der Waals surface area contributed by atoms with E-state index in [1.807, 2.05) is 6.07 Å². The second kappa shape index (κ2) is 8.27. The highest BCUT2D eigenvalue weighted by Gasteiger charge is 2.14. The Morgan fingerprint density at radius 1 is 1.12 bits per heavy atom. The summed E-state index contributed by atoms with van der Waals surface area (Å²) in [6, 6.07) is 8.21. The molecule has 9 heteroatoms. The zero-order valence-electron chi connectivity index (χ0n) is 13.2. The van der Waals surface area contributed by atoms with Crippen molar-refractivity contribution in [2.24, 2.45) is 0 Å². The Kier molecular flexibility index (Phi) is 5.82. The molecule has 0 saturated heterocycles. The summed E-state index contributed by atoms with van der Waals surface area (Å²) in [5.74, 6) is -0.722. The van der Waals surface area contributed by atoms with Crippen LogP contribution in [0, 0.1) is 0 Å². The maximum absolute atomic E-state index is 12.2. The molecule has 2 aromatic heterocycles. The number of carbonyl (C=O) groups is 2. The van der Waals surface area contributed by atoms with E-state index in [-0.39, 0.29) is 22.5 Å². The molecular weight excluding hydrogens is 395 g/mol. The normalized spacial score (nSPS) is 10.4. The number of thiazole rings is 1. The third kappa shape index (κ3) is 4.57. The Morgan fingerprint density at radius 3 is 2.69 bits per heavy atom. The lowest BCUT2D eigenvalue weighted by Gasteiger charge is -2.04. The van der Waals surface area contributed by atoms with Gasteiger partial charge < -0.3 is 5.32 Å². The van der Waals surface area contributed by atoms with Crippen LogP contribution in [0.4, 0.5) is 5.13 Å². The minimum Gasteiger partial charge on any atom is -0.347 e. The van der Waals surface area contributed by atoms with Gasteiger partial charge >= 0.3 is 0 Å². The van der Waals surface area contributed by atoms with E-state index in [9.17, 15) is 9.59 Å². The lowest BCUT2D eigenvalue weighted by Crippen LogP contribution is -2.23. The van der Waals surface area contributed by atoms with Gasteiger partial charge in [-0.15, -0.1) is 11.3 Å². The number of pyridine rings is 1. The minimum absolute atomic E-state index is 0.225. The first kappa shape index (κ1) is 18.3. The van der Waals surface area contributed by atoms with E-state index >= 15 is 0 Å². The molecule has 0 bridgehead atoms. The summed E-state index contributed by atoms with van der Waals surface area (Å²) in [4.78, 5) is 32.5. The highest BCUT2D eigenvalue weighted by Crippen LogP contribution is 2.23. The molecule has 0 spiro atoms. The highest BCUT2D eigenvalue weighted by atomic mass is 35.5. The minimum atomic E-state index is -0.389. The standard InChI is InChI=1S/C17H12Cl2N4O2S/c18-12-4-3-11(6-13(12)19)15(24)23-17-22-14(9-26-17)16(25)21-8-10-2-1-5-20-7-10/h1-7,9H,8H2,(H,21,25)(H,22,23,24). The largest absolute Gasteiger partial charge is 0.347 e. The summed E-state index contributed by atoms with van der Waals surface area (Å²) in [5, 5.41) is 7.92. The van der Waals surface area contributed by atoms with Crippen molar-refractivity contribution in [3.63, 3.8) is 0 Å². The molecule has 2 heterocycles. The molecule has 0 unspecified atom stereocenters. The zero-order valence-corrected chi connectivity index (χ0v) is 15.5. The van der Waals surface area contributed by atoms with Gasteiger partial charge in [0.15, 0.2) is 5.13 Å². The van der Waals surface area contributed by atoms with Crippen LogP contribution in [0.1, 0.15) is 26.4 Å². The Bertz CT molecular complexity index is 947. The number of rotatable bonds is 5. The maximum Gasteiger partial charge on any atom is 0.271 e. The van der Waals surface area contributed by atoms with Gasteiger partial charge in [-0.05, 0) is 29.8 Å². The molecule has 0 aliphatic carbocycles. The van der Waals surface area contributed by atoms with Crippen LogP contribution in [0.5, 0.6) is 0 Å². The predicted octanol–water partition coefficient (Wildman–Crippen LogP) is 4.03. The van der Waals surface area contributed by atoms with Crippen LogP contribution in [-0.4, -0.2) is 21.8 Å². The van der Waals surface area contributed by atoms with Gasteiger partial charge in [0.25, 0.3) is 11.8 Å². The van der Waals surface area contributed by atoms with Gasteiger partial charge in [0.1, 0.15) is 5.69 Å². The lowest BCUT2D eigenvalue weighted by atomic mass is 10.2. The van der Waals surface area contributed by atoms with Gasteiger partial charge in [0, 0.05) is 29.9 Å². The molecule has 0 aliphatic heterocycles. The Hall–Kier alpha value is -2.48. The summed E-state index contributed by atoms with van der Waals surface area (Å²) in [6.45, 7) is 0.342. The average Bonchev–Trinajstić information content (AvgIpc) is 3.11. The predicted molar refractivity (Wildman–Crippen MR) is 102 cm³/mol. The van der Waals surface area contributed by atoms with E-state index in [1.165, 1.54) is 12.1 Å². The molecule has 0 aliphatic rings. The summed E-state index contributed by atoms with van der Waals surface area (Å²) < 4.78 is 0. The van der Waals surface area contributed by atoms with Gasteiger partial charge in [0.05, 0.1) is 10.0 Å². The molecule has 0 fully saturated rings. The van der Waals surface area contributed by atoms with E-state index < -0.39 is 0 Å². The fraction of sp³-hybridized carbons (Fsp3) is 0.0588. The number of nitrogens with one attached hydrogen (secondary N) is 2. The van der Waals surface area contributed by atoms with Crippen LogP contribution < -0.4 is 10.6 Å². The van der Waals surface area contributed by atoms with E-state index in [4.69, 9.17) is 23.2 Å². The number of carbonyl (C=O) groups excluding carboxylic acids is 2. The number of hydrogen-bond donors (Lipinski definition) is 2. The fourth-order valence-corrected chi connectivity index (χ4v) is 3.00. The molecule has 0 radical (unpaired) electrons. The molecule has 132 valence electrons. The molecular formula is C17H12Cl2N4O2S. The van der Waals surface area contributed by atoms with Crippen molar-refractivity contribution in [2.45, 2.75) is 6.54 Å². The molecule has 1 aromatic carbocycles. The van der Waals surface area contributed by atoms with Gasteiger partial charge in [0.2, 0.25) is 0 Å². The van der Waals surface area contributed by atoms with Crippen molar-refractivity contribution < 1.29 is 9.59 Å². The molecule has 0 saturated carbocycles. The molecule has 3 rings (SSSR count). The van der Waals surface area contributed by atoms with Gasteiger partial charge in [-0.1, -0.05) is 29.3 Å². The Balaban J connectivity index is 1.61. The van der Waals surface area contributed by atoms with Crippen LogP contribution in [0.25, 0.3) is 0 Å². The number of aromatic nitrogens is 2. The topological polar surface area (TPSA) is 84.0 Å². The first-order valence-electron chi connectivity index (χ1n) is 7.42. The molecule has 0 atom stereocenters. The van der Waals surface area contributed by atoms with Crippen molar-refractivity contribution in [3.8, 4) is 0 Å². The summed E-state index contributed by atoms with van der Waals surface area (Å²) in [6.07, 6.45) is 3.33. The van der Waals surface area contributed by atoms with Crippen LogP contribution in [0.3, 0.4) is 0 Å². The maximum atomic E-state index is 12.2. The number of anilines is 1. The number of nitrogens with zero attached hydrogens (tertiary/aromatic N) is 2. The van der Waals surface area contributed by atoms with Crippen molar-refractivity contribution in [1.29, 1.82) is 0 Å². The Labute approximate surface area is 163 Å². The first-order valence-corrected chi connectivity index (χ1v) is 9.05. The number of amides is 2. The highest BCUT2D eigenvalue weighted by molar-refractivity contribution is 7.14. The van der Waals surface area contributed by atoms with E-state index in [0.717, 1.165) is 16.9 Å². The summed E-state index contributed by atoms with van der Waals surface area (Å²) >= 11 is 12.9. The monoisotopic (exact) mass is 406 g/mol. The summed E-state index contributed by atoms with van der Waals surface area (Å²) in [7, 11) is 0. The average molecular weight is 407 g/mol. The smallest absolute Gasteiger partial charge is 0.271 e. The fourth-order valence-electron chi connectivity index (χ4n) is 2.02. The molecule has 2 amide bonds. The van der Waals surface area contributed by atoms with Crippen LogP contribution in [0.15, 0.2) is 48.1 Å². The van der Waals surface area contributed by atoms with Crippen molar-refractivity contribution in [1.82, 2.24) is 15.3 Å². The van der Waals surface area contributed by atoms with Crippen LogP contribution in [-0.2, 0) is 6.54 Å². The third-order valence-corrected chi connectivity index (χ3v) is 4.81. The zero-order chi connectivity index (χ0) is 18.5. The second-order valence-corrected chi connectivity index (χ2v) is 6.84. The van der Waals surface area contributed by atoms with E-state index in [2.05, 4.69) is 20.6 Å². The molecule has 6 nitrogen and oxygen atoms in total. The van der Waals surface area contributed by atoms with Gasteiger partial charge in [-0.3, -0.25) is 19.9 Å². The summed E-state index contributed by atoms with van der Waals surface area (Å²) in [5.41, 5.74) is 1.45. The quantitative estimate of drug-likeness (QED) is 0.669. The van der Waals surface area contributed by atoms with Crippen molar-refractivity contribution >= 4 is 51.5 Å². The SMILES string of the molecule is O=C(Nc1nc(C(=O)NCc2cccnc2)cs1)c1ccc(Cl)c(Cl)c1. The van der Waals surface area contributed by atoms with Crippen LogP contribution >= 0.6 is 34.5 Å². The van der Waals surface area contributed by atoms with Gasteiger partial charge in [-0.2, -0.15) is 0 Å². The van der Waals surface area contributed by atoms with Crippen molar-refractivity contribution in [3.05, 3.63) is 75.0 Å². The first-order chi connectivity index (χ1) is 12.5. The molecule has 3 aromatic rings. The third-order valence-electron chi connectivity index (χ3n) is 3.31. The Morgan fingerprint density at radius 2 is 1.96 bits per heavy atom. The molecule has 2 N–H and O–H groups in total. The van der Waals surface area contributed by atoms with Gasteiger partial charge in [-0.25, -0.2) is 4.98 Å².